The van der Waals surface area contributed by atoms with Gasteiger partial charge in [-0.25, -0.2) is 4.57 Å². The van der Waals surface area contributed by atoms with E-state index < -0.39 is 0 Å². The molecule has 0 bridgehead atoms. The quantitative estimate of drug-likeness (QED) is 0.258. The first-order valence-corrected chi connectivity index (χ1v) is 9.27. The van der Waals surface area contributed by atoms with Crippen LogP contribution >= 0.6 is 0 Å². The van der Waals surface area contributed by atoms with Gasteiger partial charge in [0.1, 0.15) is 18.2 Å². The highest BCUT2D eigenvalue weighted by molar-refractivity contribution is 6.33. The summed E-state index contributed by atoms with van der Waals surface area (Å²) in [5.74, 6) is 0. The van der Waals surface area contributed by atoms with Crippen LogP contribution in [0.15, 0.2) is 77.3 Å². The van der Waals surface area contributed by atoms with Gasteiger partial charge in [0.2, 0.25) is 5.69 Å². The van der Waals surface area contributed by atoms with Gasteiger partial charge in [0.15, 0.2) is 6.20 Å². The molecule has 2 heterocycles. The van der Waals surface area contributed by atoms with E-state index in [2.05, 4.69) is 91.5 Å². The van der Waals surface area contributed by atoms with Crippen LogP contribution < -0.4 is 4.57 Å². The van der Waals surface area contributed by atoms with Crippen LogP contribution in [0, 0.1) is 6.92 Å². The Hall–Kier alpha value is -3.39. The summed E-state index contributed by atoms with van der Waals surface area (Å²) in [6, 6.07) is 23.8. The van der Waals surface area contributed by atoms with E-state index in [4.69, 9.17) is 4.42 Å². The highest BCUT2D eigenvalue weighted by atomic mass is 16.3. The maximum Gasteiger partial charge on any atom is 0.212 e. The molecule has 0 spiro atoms. The lowest BCUT2D eigenvalue weighted by Crippen LogP contribution is -2.30. The van der Waals surface area contributed by atoms with Crippen LogP contribution in [0.25, 0.3) is 54.7 Å². The largest absolute Gasteiger partial charge is 0.456 e. The Morgan fingerprint density at radius 3 is 2.04 bits per heavy atom. The number of hydrogen-bond acceptors (Lipinski definition) is 1. The van der Waals surface area contributed by atoms with Gasteiger partial charge in [0, 0.05) is 28.5 Å². The minimum atomic E-state index is 0.966. The molecule has 2 heteroatoms. The summed E-state index contributed by atoms with van der Waals surface area (Å²) in [5, 5.41) is 7.59. The van der Waals surface area contributed by atoms with Crippen molar-refractivity contribution in [3.8, 4) is 11.3 Å². The smallest absolute Gasteiger partial charge is 0.212 e. The van der Waals surface area contributed by atoms with E-state index in [9.17, 15) is 0 Å². The highest BCUT2D eigenvalue weighted by Crippen LogP contribution is 2.43. The van der Waals surface area contributed by atoms with Crippen molar-refractivity contribution in [1.29, 1.82) is 0 Å². The van der Waals surface area contributed by atoms with Crippen LogP contribution in [0.1, 0.15) is 5.56 Å². The van der Waals surface area contributed by atoms with E-state index in [1.807, 2.05) is 0 Å². The molecule has 0 aliphatic carbocycles. The van der Waals surface area contributed by atoms with Crippen molar-refractivity contribution >= 4 is 43.5 Å². The number of aromatic nitrogens is 1. The monoisotopic (exact) mass is 348 g/mol. The van der Waals surface area contributed by atoms with Crippen LogP contribution in [0.3, 0.4) is 0 Å². The van der Waals surface area contributed by atoms with Crippen LogP contribution in [0.5, 0.6) is 0 Å². The second-order valence-corrected chi connectivity index (χ2v) is 7.37. The Labute approximate surface area is 156 Å². The van der Waals surface area contributed by atoms with E-state index in [1.54, 1.807) is 0 Å². The summed E-state index contributed by atoms with van der Waals surface area (Å²) >= 11 is 0. The standard InChI is InChI=1S/C25H18NO/c1-15-13-19-16-7-5-10-22-24(16)25-17(8-6-11-23(25)27-22)20(19)14-18(15)21-9-3-4-12-26(21)2/h3-14H,1-2H3/q+1. The zero-order valence-corrected chi connectivity index (χ0v) is 15.3. The summed E-state index contributed by atoms with van der Waals surface area (Å²) in [7, 11) is 2.10. The summed E-state index contributed by atoms with van der Waals surface area (Å²) in [6.45, 7) is 2.20. The molecule has 0 aliphatic heterocycles. The first-order chi connectivity index (χ1) is 13.2. The van der Waals surface area contributed by atoms with E-state index in [0.717, 1.165) is 11.2 Å². The molecule has 0 fully saturated rings. The second-order valence-electron chi connectivity index (χ2n) is 7.37. The van der Waals surface area contributed by atoms with Gasteiger partial charge in [-0.3, -0.25) is 0 Å². The third kappa shape index (κ3) is 1.87. The molecule has 0 N–H and O–H groups in total. The van der Waals surface area contributed by atoms with Gasteiger partial charge in [-0.15, -0.1) is 0 Å². The van der Waals surface area contributed by atoms with Crippen LogP contribution in [0.2, 0.25) is 0 Å². The molecule has 0 aliphatic rings. The predicted octanol–water partition coefficient (Wildman–Crippen LogP) is 6.13. The molecule has 6 rings (SSSR count). The number of hydrogen-bond donors (Lipinski definition) is 0. The van der Waals surface area contributed by atoms with Crippen molar-refractivity contribution in [3.63, 3.8) is 0 Å². The number of fused-ring (bicyclic) bond motifs is 3. The van der Waals surface area contributed by atoms with Gasteiger partial charge in [0.05, 0.1) is 0 Å². The van der Waals surface area contributed by atoms with Gasteiger partial charge < -0.3 is 4.42 Å². The number of pyridine rings is 1. The average molecular weight is 348 g/mol. The maximum absolute atomic E-state index is 6.15. The summed E-state index contributed by atoms with van der Waals surface area (Å²) in [4.78, 5) is 0. The maximum atomic E-state index is 6.15. The Bertz CT molecular complexity index is 1490. The lowest BCUT2D eigenvalue weighted by atomic mass is 9.91. The minimum Gasteiger partial charge on any atom is -0.456 e. The van der Waals surface area contributed by atoms with Crippen LogP contribution in [0.4, 0.5) is 0 Å². The number of rotatable bonds is 1. The fourth-order valence-electron chi connectivity index (χ4n) is 4.55. The van der Waals surface area contributed by atoms with Gasteiger partial charge in [-0.05, 0) is 64.4 Å². The molecule has 27 heavy (non-hydrogen) atoms. The Balaban J connectivity index is 1.87. The average Bonchev–Trinajstić information content (AvgIpc) is 3.07. The summed E-state index contributed by atoms with van der Waals surface area (Å²) in [6.07, 6.45) is 2.10. The SMILES string of the molecule is Cc1cc2c(cc1-c1cccc[n+]1C)c1cccc3oc4cccc2c4c31. The van der Waals surface area contributed by atoms with Crippen molar-refractivity contribution in [2.45, 2.75) is 6.92 Å². The van der Waals surface area contributed by atoms with E-state index in [0.29, 0.717) is 0 Å². The third-order valence-electron chi connectivity index (χ3n) is 5.80. The van der Waals surface area contributed by atoms with Crippen molar-refractivity contribution in [2.24, 2.45) is 7.05 Å². The van der Waals surface area contributed by atoms with Crippen molar-refractivity contribution < 1.29 is 8.98 Å². The van der Waals surface area contributed by atoms with E-state index in [1.165, 1.54) is 49.1 Å². The first-order valence-electron chi connectivity index (χ1n) is 9.27. The number of nitrogens with zero attached hydrogens (tertiary/aromatic N) is 1. The molecule has 2 aromatic heterocycles. The predicted molar refractivity (Wildman–Crippen MR) is 111 cm³/mol. The minimum absolute atomic E-state index is 0.966. The molecule has 128 valence electrons. The summed E-state index contributed by atoms with van der Waals surface area (Å²) < 4.78 is 8.33. The van der Waals surface area contributed by atoms with Crippen molar-refractivity contribution in [1.82, 2.24) is 0 Å². The molecule has 0 unspecified atom stereocenters. The molecular weight excluding hydrogens is 330 g/mol. The normalized spacial score (nSPS) is 12.1. The van der Waals surface area contributed by atoms with Crippen molar-refractivity contribution in [2.75, 3.05) is 0 Å². The van der Waals surface area contributed by atoms with Gasteiger partial charge in [-0.1, -0.05) is 24.3 Å². The third-order valence-corrected chi connectivity index (χ3v) is 5.80. The molecule has 4 aromatic carbocycles. The molecule has 2 nitrogen and oxygen atoms in total. The Morgan fingerprint density at radius 2 is 1.37 bits per heavy atom. The first kappa shape index (κ1) is 14.7. The molecule has 0 radical (unpaired) electrons. The van der Waals surface area contributed by atoms with Gasteiger partial charge in [0.25, 0.3) is 0 Å². The van der Waals surface area contributed by atoms with Crippen LogP contribution in [-0.4, -0.2) is 0 Å². The fraction of sp³-hybridized carbons (Fsp3) is 0.0800. The Morgan fingerprint density at radius 1 is 0.704 bits per heavy atom. The van der Waals surface area contributed by atoms with Crippen molar-refractivity contribution in [3.05, 3.63) is 78.5 Å². The summed E-state index contributed by atoms with van der Waals surface area (Å²) in [5.41, 5.74) is 5.71. The molecular formula is C25H18NO+. The lowest BCUT2D eigenvalue weighted by Gasteiger charge is -2.12. The fourth-order valence-corrected chi connectivity index (χ4v) is 4.55. The molecule has 0 atom stereocenters. The molecule has 6 aromatic rings. The number of benzene rings is 4. The van der Waals surface area contributed by atoms with E-state index in [-0.39, 0.29) is 0 Å². The van der Waals surface area contributed by atoms with Gasteiger partial charge in [-0.2, -0.15) is 0 Å². The number of furan rings is 1. The molecule has 0 saturated heterocycles. The van der Waals surface area contributed by atoms with Crippen LogP contribution in [-0.2, 0) is 7.05 Å². The molecule has 0 saturated carbocycles. The number of aryl methyl sites for hydroxylation is 2. The second kappa shape index (κ2) is 5.08. The zero-order chi connectivity index (χ0) is 18.1. The topological polar surface area (TPSA) is 17.0 Å². The highest BCUT2D eigenvalue weighted by Gasteiger charge is 2.19. The molecule has 0 amide bonds. The zero-order valence-electron chi connectivity index (χ0n) is 15.3. The Kier molecular flexibility index (Phi) is 2.77. The van der Waals surface area contributed by atoms with Gasteiger partial charge >= 0.3 is 0 Å². The van der Waals surface area contributed by atoms with E-state index >= 15 is 0 Å². The lowest BCUT2D eigenvalue weighted by molar-refractivity contribution is -0.660.